The first-order chi connectivity index (χ1) is 7.70. The zero-order chi connectivity index (χ0) is 12.0. The molecule has 16 heavy (non-hydrogen) atoms. The minimum atomic E-state index is 0.158. The fourth-order valence-corrected chi connectivity index (χ4v) is 1.61. The van der Waals surface area contributed by atoms with Crippen LogP contribution in [-0.2, 0) is 0 Å². The molecule has 1 N–H and O–H groups in total. The van der Waals surface area contributed by atoms with Crippen LogP contribution in [0.5, 0.6) is 0 Å². The maximum absolute atomic E-state index is 8.99. The molecule has 0 bridgehead atoms. The predicted octanol–water partition coefficient (Wildman–Crippen LogP) is 1.55. The van der Waals surface area contributed by atoms with Gasteiger partial charge in [0.2, 0.25) is 0 Å². The Labute approximate surface area is 96.2 Å². The Morgan fingerprint density at radius 1 is 1.56 bits per heavy atom. The quantitative estimate of drug-likeness (QED) is 0.816. The van der Waals surface area contributed by atoms with E-state index in [1.54, 1.807) is 6.20 Å². The van der Waals surface area contributed by atoms with E-state index in [9.17, 15) is 0 Å². The molecular weight excluding hydrogens is 202 g/mol. The average molecular weight is 219 g/mol. The Hall–Kier alpha value is -1.60. The molecule has 4 nitrogen and oxygen atoms in total. The first-order valence-corrected chi connectivity index (χ1v) is 5.43. The van der Waals surface area contributed by atoms with Crippen molar-refractivity contribution in [3.8, 4) is 6.07 Å². The first kappa shape index (κ1) is 12.5. The van der Waals surface area contributed by atoms with Crippen LogP contribution >= 0.6 is 0 Å². The Kier molecular flexibility index (Phi) is 4.74. The number of hydrogen-bond acceptors (Lipinski definition) is 4. The number of nitriles is 1. The van der Waals surface area contributed by atoms with Crippen LogP contribution in [0.25, 0.3) is 0 Å². The fourth-order valence-electron chi connectivity index (χ4n) is 1.61. The summed E-state index contributed by atoms with van der Waals surface area (Å²) in [5, 5.41) is 17.8. The van der Waals surface area contributed by atoms with Gasteiger partial charge in [0, 0.05) is 25.4 Å². The van der Waals surface area contributed by atoms with Gasteiger partial charge in [0.1, 0.15) is 6.07 Å². The minimum absolute atomic E-state index is 0.158. The molecule has 0 saturated carbocycles. The van der Waals surface area contributed by atoms with Crippen LogP contribution in [0.4, 0.5) is 5.69 Å². The number of aromatic nitrogens is 1. The molecule has 1 aromatic heterocycles. The maximum atomic E-state index is 8.99. The molecule has 86 valence electrons. The summed E-state index contributed by atoms with van der Waals surface area (Å²) in [5.41, 5.74) is 1.28. The molecule has 0 aliphatic rings. The second-order valence-corrected chi connectivity index (χ2v) is 3.85. The van der Waals surface area contributed by atoms with E-state index in [0.717, 1.165) is 12.2 Å². The van der Waals surface area contributed by atoms with E-state index in [0.29, 0.717) is 12.1 Å². The molecule has 0 atom stereocenters. The van der Waals surface area contributed by atoms with Crippen LogP contribution in [0.3, 0.4) is 0 Å². The fraction of sp³-hybridized carbons (Fsp3) is 0.500. The highest BCUT2D eigenvalue weighted by molar-refractivity contribution is 5.56. The summed E-state index contributed by atoms with van der Waals surface area (Å²) in [6.45, 7) is 5.01. The van der Waals surface area contributed by atoms with E-state index in [1.165, 1.54) is 0 Å². The summed E-state index contributed by atoms with van der Waals surface area (Å²) in [6, 6.07) is 6.09. The summed E-state index contributed by atoms with van der Waals surface area (Å²) in [7, 11) is 0. The lowest BCUT2D eigenvalue weighted by Gasteiger charge is -2.29. The summed E-state index contributed by atoms with van der Waals surface area (Å²) < 4.78 is 0. The SMILES string of the molecule is CC(C)N(CCCO)c1cccnc1C#N. The lowest BCUT2D eigenvalue weighted by atomic mass is 10.2. The van der Waals surface area contributed by atoms with Crippen LogP contribution in [0.15, 0.2) is 18.3 Å². The van der Waals surface area contributed by atoms with Crippen LogP contribution in [0, 0.1) is 11.3 Å². The van der Waals surface area contributed by atoms with Gasteiger partial charge in [0.25, 0.3) is 0 Å². The van der Waals surface area contributed by atoms with Gasteiger partial charge in [0.15, 0.2) is 5.69 Å². The molecule has 0 aromatic carbocycles. The molecule has 1 heterocycles. The topological polar surface area (TPSA) is 60.1 Å². The molecule has 1 aromatic rings. The summed E-state index contributed by atoms with van der Waals surface area (Å²) >= 11 is 0. The van der Waals surface area contributed by atoms with Gasteiger partial charge in [-0.25, -0.2) is 4.98 Å². The number of rotatable bonds is 5. The zero-order valence-electron chi connectivity index (χ0n) is 9.72. The molecular formula is C12H17N3O. The largest absolute Gasteiger partial charge is 0.396 e. The lowest BCUT2D eigenvalue weighted by Crippen LogP contribution is -2.33. The van der Waals surface area contributed by atoms with Gasteiger partial charge < -0.3 is 10.0 Å². The van der Waals surface area contributed by atoms with Crippen molar-refractivity contribution >= 4 is 5.69 Å². The Morgan fingerprint density at radius 3 is 2.88 bits per heavy atom. The van der Waals surface area contributed by atoms with E-state index in [4.69, 9.17) is 10.4 Å². The van der Waals surface area contributed by atoms with Crippen molar-refractivity contribution in [1.29, 1.82) is 5.26 Å². The van der Waals surface area contributed by atoms with Gasteiger partial charge in [-0.05, 0) is 32.4 Å². The second kappa shape index (κ2) is 6.09. The Morgan fingerprint density at radius 2 is 2.31 bits per heavy atom. The van der Waals surface area contributed by atoms with Gasteiger partial charge in [-0.1, -0.05) is 0 Å². The molecule has 4 heteroatoms. The third kappa shape index (κ3) is 2.94. The Bertz CT molecular complexity index is 371. The molecule has 0 aliphatic carbocycles. The third-order valence-electron chi connectivity index (χ3n) is 2.38. The van der Waals surface area contributed by atoms with E-state index >= 15 is 0 Å². The molecule has 1 rings (SSSR count). The molecule has 0 saturated heterocycles. The highest BCUT2D eigenvalue weighted by Gasteiger charge is 2.14. The summed E-state index contributed by atoms with van der Waals surface area (Å²) in [4.78, 5) is 6.13. The first-order valence-electron chi connectivity index (χ1n) is 5.43. The summed E-state index contributed by atoms with van der Waals surface area (Å²) in [6.07, 6.45) is 2.31. The monoisotopic (exact) mass is 219 g/mol. The van der Waals surface area contributed by atoms with E-state index in [2.05, 4.69) is 29.8 Å². The van der Waals surface area contributed by atoms with Crippen molar-refractivity contribution in [3.05, 3.63) is 24.0 Å². The van der Waals surface area contributed by atoms with Gasteiger partial charge >= 0.3 is 0 Å². The number of nitrogens with zero attached hydrogens (tertiary/aromatic N) is 3. The number of anilines is 1. The normalized spacial score (nSPS) is 10.2. The van der Waals surface area contributed by atoms with Gasteiger partial charge in [0.05, 0.1) is 5.69 Å². The minimum Gasteiger partial charge on any atom is -0.396 e. The van der Waals surface area contributed by atoms with E-state index in [1.807, 2.05) is 12.1 Å². The number of hydrogen-bond donors (Lipinski definition) is 1. The van der Waals surface area contributed by atoms with E-state index in [-0.39, 0.29) is 12.6 Å². The second-order valence-electron chi connectivity index (χ2n) is 3.85. The molecule has 0 fully saturated rings. The van der Waals surface area contributed by atoms with Gasteiger partial charge in [-0.3, -0.25) is 0 Å². The highest BCUT2D eigenvalue weighted by atomic mass is 16.3. The van der Waals surface area contributed by atoms with Crippen molar-refractivity contribution in [1.82, 2.24) is 4.98 Å². The van der Waals surface area contributed by atoms with Crippen molar-refractivity contribution in [3.63, 3.8) is 0 Å². The summed E-state index contributed by atoms with van der Waals surface area (Å²) in [5.74, 6) is 0. The number of aliphatic hydroxyl groups is 1. The third-order valence-corrected chi connectivity index (χ3v) is 2.38. The molecule has 0 amide bonds. The smallest absolute Gasteiger partial charge is 0.163 e. The van der Waals surface area contributed by atoms with Crippen molar-refractivity contribution in [2.75, 3.05) is 18.1 Å². The lowest BCUT2D eigenvalue weighted by molar-refractivity contribution is 0.288. The molecule has 0 radical (unpaired) electrons. The molecule has 0 unspecified atom stereocenters. The van der Waals surface area contributed by atoms with Crippen molar-refractivity contribution < 1.29 is 5.11 Å². The van der Waals surface area contributed by atoms with E-state index < -0.39 is 0 Å². The maximum Gasteiger partial charge on any atom is 0.163 e. The van der Waals surface area contributed by atoms with Gasteiger partial charge in [-0.15, -0.1) is 0 Å². The van der Waals surface area contributed by atoms with Crippen LogP contribution in [-0.4, -0.2) is 29.3 Å². The number of aliphatic hydroxyl groups excluding tert-OH is 1. The van der Waals surface area contributed by atoms with Crippen LogP contribution in [0.2, 0.25) is 0 Å². The standard InChI is InChI=1S/C12H17N3O/c1-10(2)15(7-4-8-16)12-5-3-6-14-11(12)9-13/h3,5-6,10,16H,4,7-8H2,1-2H3. The van der Waals surface area contributed by atoms with Crippen LogP contribution in [0.1, 0.15) is 26.0 Å². The predicted molar refractivity (Wildman–Crippen MR) is 63.1 cm³/mol. The average Bonchev–Trinajstić information content (AvgIpc) is 2.29. The van der Waals surface area contributed by atoms with Crippen molar-refractivity contribution in [2.45, 2.75) is 26.3 Å². The Balaban J connectivity index is 2.97. The van der Waals surface area contributed by atoms with Gasteiger partial charge in [-0.2, -0.15) is 5.26 Å². The molecule has 0 aliphatic heterocycles. The number of pyridine rings is 1. The molecule has 0 spiro atoms. The van der Waals surface area contributed by atoms with Crippen molar-refractivity contribution in [2.24, 2.45) is 0 Å². The zero-order valence-corrected chi connectivity index (χ0v) is 9.72. The highest BCUT2D eigenvalue weighted by Crippen LogP contribution is 2.20. The van der Waals surface area contributed by atoms with Crippen LogP contribution < -0.4 is 4.90 Å².